The number of nitrogens with zero attached hydrogens (tertiary/aromatic N) is 1. The third kappa shape index (κ3) is 5.67. The van der Waals surface area contributed by atoms with Crippen LogP contribution in [0.15, 0.2) is 22.5 Å². The summed E-state index contributed by atoms with van der Waals surface area (Å²) in [5.74, 6) is 6.00. The van der Waals surface area contributed by atoms with Gasteiger partial charge in [-0.2, -0.15) is 0 Å². The molecule has 0 radical (unpaired) electrons. The molecule has 1 unspecified atom stereocenters. The number of guanidine groups is 1. The van der Waals surface area contributed by atoms with E-state index in [0.29, 0.717) is 19.1 Å². The first-order chi connectivity index (χ1) is 8.26. The third-order valence-electron chi connectivity index (χ3n) is 2.17. The van der Waals surface area contributed by atoms with Crippen molar-refractivity contribution in [2.45, 2.75) is 19.4 Å². The van der Waals surface area contributed by atoms with E-state index in [1.54, 1.807) is 18.4 Å². The van der Waals surface area contributed by atoms with Crippen LogP contribution < -0.4 is 16.6 Å². The van der Waals surface area contributed by atoms with Crippen molar-refractivity contribution < 1.29 is 4.74 Å². The van der Waals surface area contributed by atoms with Gasteiger partial charge in [-0.25, -0.2) is 10.8 Å². The molecule has 0 amide bonds. The molecule has 0 bridgehead atoms. The fourth-order valence-electron chi connectivity index (χ4n) is 1.40. The Hall–Kier alpha value is -1.11. The number of aliphatic imine (C=N–C) groups is 1. The lowest BCUT2D eigenvalue weighted by Gasteiger charge is -2.15. The molecule has 0 fully saturated rings. The summed E-state index contributed by atoms with van der Waals surface area (Å²) < 4.78 is 4.93. The van der Waals surface area contributed by atoms with E-state index in [9.17, 15) is 0 Å². The number of thiophene rings is 1. The quantitative estimate of drug-likeness (QED) is 0.231. The molecule has 6 heteroatoms. The number of rotatable bonds is 6. The van der Waals surface area contributed by atoms with Crippen LogP contribution in [-0.2, 0) is 11.2 Å². The maximum atomic E-state index is 5.40. The summed E-state index contributed by atoms with van der Waals surface area (Å²) in [7, 11) is 1.65. The summed E-state index contributed by atoms with van der Waals surface area (Å²) in [5, 5.41) is 5.31. The van der Waals surface area contributed by atoms with Gasteiger partial charge in [-0.1, -0.05) is 6.07 Å². The van der Waals surface area contributed by atoms with Gasteiger partial charge in [0, 0.05) is 24.4 Å². The number of ether oxygens (including phenoxy) is 1. The van der Waals surface area contributed by atoms with E-state index in [-0.39, 0.29) is 6.04 Å². The van der Waals surface area contributed by atoms with Gasteiger partial charge >= 0.3 is 0 Å². The van der Waals surface area contributed by atoms with E-state index in [4.69, 9.17) is 10.6 Å². The van der Waals surface area contributed by atoms with E-state index in [2.05, 4.69) is 40.2 Å². The molecule has 1 aromatic rings. The minimum absolute atomic E-state index is 0.283. The van der Waals surface area contributed by atoms with Crippen LogP contribution in [0.25, 0.3) is 0 Å². The molecule has 96 valence electrons. The van der Waals surface area contributed by atoms with Crippen LogP contribution >= 0.6 is 11.3 Å². The smallest absolute Gasteiger partial charge is 0.206 e. The molecular formula is C11H20N4OS. The van der Waals surface area contributed by atoms with Crippen molar-refractivity contribution in [2.24, 2.45) is 10.8 Å². The monoisotopic (exact) mass is 256 g/mol. The first-order valence-electron chi connectivity index (χ1n) is 5.55. The maximum Gasteiger partial charge on any atom is 0.206 e. The highest BCUT2D eigenvalue weighted by Gasteiger charge is 2.06. The van der Waals surface area contributed by atoms with Gasteiger partial charge in [0.2, 0.25) is 5.96 Å². The summed E-state index contributed by atoms with van der Waals surface area (Å²) in [6.45, 7) is 3.28. The van der Waals surface area contributed by atoms with Crippen molar-refractivity contribution in [3.63, 3.8) is 0 Å². The minimum Gasteiger partial charge on any atom is -0.383 e. The van der Waals surface area contributed by atoms with Crippen LogP contribution in [0, 0.1) is 0 Å². The van der Waals surface area contributed by atoms with Crippen molar-refractivity contribution in [1.82, 2.24) is 10.7 Å². The number of nitrogens with one attached hydrogen (secondary N) is 2. The molecule has 4 N–H and O–H groups in total. The van der Waals surface area contributed by atoms with Crippen molar-refractivity contribution >= 4 is 17.3 Å². The first-order valence-corrected chi connectivity index (χ1v) is 6.43. The number of hydrogen-bond donors (Lipinski definition) is 3. The molecule has 0 aliphatic rings. The lowest BCUT2D eigenvalue weighted by Crippen LogP contribution is -2.46. The van der Waals surface area contributed by atoms with Gasteiger partial charge in [0.1, 0.15) is 0 Å². The Morgan fingerprint density at radius 2 is 2.47 bits per heavy atom. The Kier molecular flexibility index (Phi) is 6.61. The first kappa shape index (κ1) is 14.0. The van der Waals surface area contributed by atoms with Crippen LogP contribution in [-0.4, -0.2) is 32.3 Å². The van der Waals surface area contributed by atoms with Crippen molar-refractivity contribution in [1.29, 1.82) is 0 Å². The van der Waals surface area contributed by atoms with E-state index in [1.807, 2.05) is 0 Å². The zero-order valence-electron chi connectivity index (χ0n) is 10.3. The molecule has 1 atom stereocenters. The predicted octanol–water partition coefficient (Wildman–Crippen LogP) is 0.734. The molecule has 1 heterocycles. The number of nitrogens with two attached hydrogens (primary N) is 1. The molecule has 0 aliphatic carbocycles. The molecule has 0 saturated heterocycles. The van der Waals surface area contributed by atoms with Crippen LogP contribution in [0.1, 0.15) is 11.8 Å². The fourth-order valence-corrected chi connectivity index (χ4v) is 2.23. The molecule has 17 heavy (non-hydrogen) atoms. The summed E-state index contributed by atoms with van der Waals surface area (Å²) in [5.41, 5.74) is 2.56. The van der Waals surface area contributed by atoms with Gasteiger partial charge in [0.25, 0.3) is 0 Å². The zero-order chi connectivity index (χ0) is 12.5. The third-order valence-corrected chi connectivity index (χ3v) is 3.07. The van der Waals surface area contributed by atoms with Crippen LogP contribution in [0.4, 0.5) is 0 Å². The van der Waals surface area contributed by atoms with E-state index in [1.165, 1.54) is 4.88 Å². The summed E-state index contributed by atoms with van der Waals surface area (Å²) in [6.07, 6.45) is 0.961. The summed E-state index contributed by atoms with van der Waals surface area (Å²) in [6, 6.07) is 4.47. The summed E-state index contributed by atoms with van der Waals surface area (Å²) in [4.78, 5) is 5.59. The van der Waals surface area contributed by atoms with Gasteiger partial charge in [0.15, 0.2) is 0 Å². The van der Waals surface area contributed by atoms with Crippen molar-refractivity contribution in [3.8, 4) is 0 Å². The molecule has 0 spiro atoms. The average molecular weight is 256 g/mol. The normalized spacial score (nSPS) is 13.5. The Bertz CT molecular complexity index is 326. The topological polar surface area (TPSA) is 71.7 Å². The van der Waals surface area contributed by atoms with Gasteiger partial charge in [-0.3, -0.25) is 5.43 Å². The van der Waals surface area contributed by atoms with E-state index in [0.717, 1.165) is 6.42 Å². The average Bonchev–Trinajstić information content (AvgIpc) is 2.80. The lowest BCUT2D eigenvalue weighted by atomic mass is 10.2. The van der Waals surface area contributed by atoms with Gasteiger partial charge in [0.05, 0.1) is 13.2 Å². The highest BCUT2D eigenvalue weighted by atomic mass is 32.1. The molecule has 0 aromatic carbocycles. The SMILES string of the molecule is COCCN=C(NN)NC(C)Cc1cccs1. The van der Waals surface area contributed by atoms with Gasteiger partial charge < -0.3 is 10.1 Å². The minimum atomic E-state index is 0.283. The molecule has 1 rings (SSSR count). The second-order valence-corrected chi connectivity index (χ2v) is 4.73. The molecule has 1 aromatic heterocycles. The van der Waals surface area contributed by atoms with E-state index >= 15 is 0 Å². The van der Waals surface area contributed by atoms with Gasteiger partial charge in [-0.05, 0) is 18.4 Å². The number of hydrogen-bond acceptors (Lipinski definition) is 4. The molecule has 5 nitrogen and oxygen atoms in total. The lowest BCUT2D eigenvalue weighted by molar-refractivity contribution is 0.208. The summed E-state index contributed by atoms with van der Waals surface area (Å²) >= 11 is 1.76. The maximum absolute atomic E-state index is 5.40. The Balaban J connectivity index is 2.36. The van der Waals surface area contributed by atoms with Crippen molar-refractivity contribution in [3.05, 3.63) is 22.4 Å². The zero-order valence-corrected chi connectivity index (χ0v) is 11.1. The molecular weight excluding hydrogens is 236 g/mol. The van der Waals surface area contributed by atoms with Crippen LogP contribution in [0.5, 0.6) is 0 Å². The highest BCUT2D eigenvalue weighted by Crippen LogP contribution is 2.10. The molecule has 0 aliphatic heterocycles. The standard InChI is InChI=1S/C11H20N4OS/c1-9(8-10-4-3-7-17-10)14-11(15-12)13-5-6-16-2/h3-4,7,9H,5-6,8,12H2,1-2H3,(H2,13,14,15). The Morgan fingerprint density at radius 1 is 1.65 bits per heavy atom. The fraction of sp³-hybridized carbons (Fsp3) is 0.545. The Labute approximate surface area is 106 Å². The predicted molar refractivity (Wildman–Crippen MR) is 72.1 cm³/mol. The second kappa shape index (κ2) is 8.05. The van der Waals surface area contributed by atoms with Crippen molar-refractivity contribution in [2.75, 3.05) is 20.3 Å². The number of methoxy groups -OCH3 is 1. The van der Waals surface area contributed by atoms with Crippen LogP contribution in [0.3, 0.4) is 0 Å². The molecule has 0 saturated carbocycles. The van der Waals surface area contributed by atoms with E-state index < -0.39 is 0 Å². The second-order valence-electron chi connectivity index (χ2n) is 3.70. The number of hydrazine groups is 1. The van der Waals surface area contributed by atoms with Crippen LogP contribution in [0.2, 0.25) is 0 Å². The largest absolute Gasteiger partial charge is 0.383 e. The Morgan fingerprint density at radius 3 is 3.06 bits per heavy atom. The van der Waals surface area contributed by atoms with Gasteiger partial charge in [-0.15, -0.1) is 11.3 Å². The highest BCUT2D eigenvalue weighted by molar-refractivity contribution is 7.09.